The summed E-state index contributed by atoms with van der Waals surface area (Å²) >= 11 is 4.54. The van der Waals surface area contributed by atoms with E-state index in [0.29, 0.717) is 19.1 Å². The van der Waals surface area contributed by atoms with E-state index in [1.165, 1.54) is 5.37 Å². The molecule has 5 nitrogen and oxygen atoms in total. The molecule has 0 aromatic heterocycles. The van der Waals surface area contributed by atoms with Crippen molar-refractivity contribution >= 4 is 32.4 Å². The van der Waals surface area contributed by atoms with Crippen molar-refractivity contribution in [3.63, 3.8) is 0 Å². The summed E-state index contributed by atoms with van der Waals surface area (Å²) in [4.78, 5) is 11.0. The third-order valence-corrected chi connectivity index (χ3v) is 5.07. The Hall–Kier alpha value is -0.343. The smallest absolute Gasteiger partial charge is 0.465 e. The standard InChI is InChI=1S/C9H18O5SSi/c1-11-16(12-2,13-3)8-4-6-14-9(10)5-7-15/h7H,4-6,8H2,1-3H3. The predicted molar refractivity (Wildman–Crippen MR) is 65.4 cm³/mol. The topological polar surface area (TPSA) is 54.0 Å². The van der Waals surface area contributed by atoms with E-state index < -0.39 is 8.80 Å². The van der Waals surface area contributed by atoms with Gasteiger partial charge in [-0.3, -0.25) is 4.79 Å². The van der Waals surface area contributed by atoms with Crippen LogP contribution >= 0.6 is 12.2 Å². The lowest BCUT2D eigenvalue weighted by Crippen LogP contribution is -2.42. The maximum Gasteiger partial charge on any atom is 0.500 e. The van der Waals surface area contributed by atoms with E-state index in [0.717, 1.165) is 0 Å². The predicted octanol–water partition coefficient (Wildman–Crippen LogP) is 1.19. The first-order valence-corrected chi connectivity index (χ1v) is 7.29. The average Bonchev–Trinajstić information content (AvgIpc) is 2.31. The van der Waals surface area contributed by atoms with E-state index in [2.05, 4.69) is 12.2 Å². The van der Waals surface area contributed by atoms with E-state index in [1.54, 1.807) is 21.3 Å². The van der Waals surface area contributed by atoms with Crippen LogP contribution in [0.15, 0.2) is 0 Å². The number of thiocarbonyl (C=S) groups is 1. The number of rotatable bonds is 9. The van der Waals surface area contributed by atoms with Crippen molar-refractivity contribution in [1.82, 2.24) is 0 Å². The van der Waals surface area contributed by atoms with Crippen molar-refractivity contribution in [2.75, 3.05) is 27.9 Å². The zero-order valence-electron chi connectivity index (χ0n) is 9.86. The molecule has 7 heteroatoms. The maximum atomic E-state index is 11.0. The lowest BCUT2D eigenvalue weighted by Gasteiger charge is -2.24. The molecule has 0 heterocycles. The van der Waals surface area contributed by atoms with E-state index in [9.17, 15) is 4.79 Å². The molecule has 0 bridgehead atoms. The number of hydrogen-bond donors (Lipinski definition) is 0. The Labute approximate surface area is 102 Å². The molecule has 0 aromatic carbocycles. The zero-order chi connectivity index (χ0) is 12.4. The molecule has 0 saturated heterocycles. The Balaban J connectivity index is 3.78. The van der Waals surface area contributed by atoms with Gasteiger partial charge in [0.2, 0.25) is 0 Å². The molecular weight excluding hydrogens is 248 g/mol. The highest BCUT2D eigenvalue weighted by atomic mass is 32.1. The molecule has 0 atom stereocenters. The summed E-state index contributed by atoms with van der Waals surface area (Å²) in [6.07, 6.45) is 0.807. The van der Waals surface area contributed by atoms with Crippen molar-refractivity contribution in [1.29, 1.82) is 0 Å². The highest BCUT2D eigenvalue weighted by Gasteiger charge is 2.36. The molecule has 0 aliphatic rings. The van der Waals surface area contributed by atoms with Gasteiger partial charge in [-0.2, -0.15) is 0 Å². The Morgan fingerprint density at radius 1 is 1.25 bits per heavy atom. The van der Waals surface area contributed by atoms with Crippen molar-refractivity contribution in [3.05, 3.63) is 0 Å². The second-order valence-corrected chi connectivity index (χ2v) is 6.41. The summed E-state index contributed by atoms with van der Waals surface area (Å²) in [5.74, 6) is -0.311. The third kappa shape index (κ3) is 5.66. The molecule has 0 aliphatic heterocycles. The van der Waals surface area contributed by atoms with E-state index >= 15 is 0 Å². The molecule has 0 saturated carbocycles. The Bertz CT molecular complexity index is 212. The highest BCUT2D eigenvalue weighted by molar-refractivity contribution is 7.79. The minimum atomic E-state index is -2.53. The Morgan fingerprint density at radius 2 is 1.81 bits per heavy atom. The van der Waals surface area contributed by atoms with Crippen molar-refractivity contribution in [2.24, 2.45) is 0 Å². The molecule has 0 radical (unpaired) electrons. The van der Waals surface area contributed by atoms with Crippen LogP contribution in [0.25, 0.3) is 0 Å². The fourth-order valence-electron chi connectivity index (χ4n) is 1.16. The second kappa shape index (κ2) is 8.77. The molecule has 94 valence electrons. The van der Waals surface area contributed by atoms with Crippen LogP contribution in [0.1, 0.15) is 12.8 Å². The monoisotopic (exact) mass is 266 g/mol. The van der Waals surface area contributed by atoms with Crippen LogP contribution in [-0.4, -0.2) is 48.1 Å². The van der Waals surface area contributed by atoms with Gasteiger partial charge in [-0.1, -0.05) is 12.2 Å². The van der Waals surface area contributed by atoms with Gasteiger partial charge >= 0.3 is 14.8 Å². The van der Waals surface area contributed by atoms with Crippen LogP contribution in [0.3, 0.4) is 0 Å². The Kier molecular flexibility index (Phi) is 8.58. The SMILES string of the molecule is CO[Si](CCCOC(=O)CC=S)(OC)OC. The lowest BCUT2D eigenvalue weighted by atomic mass is 10.5. The molecule has 0 rings (SSSR count). The molecule has 0 aliphatic carbocycles. The van der Waals surface area contributed by atoms with Crippen molar-refractivity contribution < 1.29 is 22.8 Å². The number of carbonyl (C=O) groups excluding carboxylic acids is 1. The average molecular weight is 266 g/mol. The van der Waals surface area contributed by atoms with Crippen molar-refractivity contribution in [3.8, 4) is 0 Å². The molecular formula is C9H18O5SSi. The minimum absolute atomic E-state index is 0.163. The Morgan fingerprint density at radius 3 is 2.25 bits per heavy atom. The zero-order valence-corrected chi connectivity index (χ0v) is 11.7. The number of ether oxygens (including phenoxy) is 1. The molecule has 0 unspecified atom stereocenters. The maximum absolute atomic E-state index is 11.0. The molecule has 16 heavy (non-hydrogen) atoms. The van der Waals surface area contributed by atoms with Crippen LogP contribution in [0, 0.1) is 0 Å². The van der Waals surface area contributed by atoms with Crippen LogP contribution in [0.4, 0.5) is 0 Å². The minimum Gasteiger partial charge on any atom is -0.465 e. The van der Waals surface area contributed by atoms with Gasteiger partial charge in [0.05, 0.1) is 13.0 Å². The van der Waals surface area contributed by atoms with E-state index in [4.69, 9.17) is 18.0 Å². The van der Waals surface area contributed by atoms with E-state index in [-0.39, 0.29) is 12.4 Å². The van der Waals surface area contributed by atoms with Gasteiger partial charge in [-0.25, -0.2) is 0 Å². The summed E-state index contributed by atoms with van der Waals surface area (Å²) in [6, 6.07) is 0.612. The normalized spacial score (nSPS) is 11.2. The van der Waals surface area contributed by atoms with Gasteiger partial charge in [0.15, 0.2) is 0 Å². The lowest BCUT2D eigenvalue weighted by molar-refractivity contribution is -0.142. The van der Waals surface area contributed by atoms with Gasteiger partial charge in [0, 0.05) is 27.4 Å². The van der Waals surface area contributed by atoms with Gasteiger partial charge in [0.25, 0.3) is 0 Å². The third-order valence-electron chi connectivity index (χ3n) is 2.07. The van der Waals surface area contributed by atoms with Gasteiger partial charge in [-0.05, 0) is 11.8 Å². The molecule has 0 fully saturated rings. The fourth-order valence-corrected chi connectivity index (χ4v) is 2.98. The summed E-state index contributed by atoms with van der Waals surface area (Å²) in [7, 11) is 2.13. The summed E-state index contributed by atoms with van der Waals surface area (Å²) in [6.45, 7) is 0.326. The number of carbonyl (C=O) groups is 1. The first-order valence-electron chi connectivity index (χ1n) is 4.89. The molecule has 0 aromatic rings. The van der Waals surface area contributed by atoms with Crippen LogP contribution < -0.4 is 0 Å². The van der Waals surface area contributed by atoms with Crippen LogP contribution in [0.5, 0.6) is 0 Å². The quantitative estimate of drug-likeness (QED) is 0.270. The van der Waals surface area contributed by atoms with Gasteiger partial charge in [0.1, 0.15) is 0 Å². The largest absolute Gasteiger partial charge is 0.500 e. The van der Waals surface area contributed by atoms with E-state index in [1.807, 2.05) is 0 Å². The molecule has 0 spiro atoms. The van der Waals surface area contributed by atoms with Gasteiger partial charge < -0.3 is 18.0 Å². The highest BCUT2D eigenvalue weighted by Crippen LogP contribution is 2.14. The molecule has 0 N–H and O–H groups in total. The summed E-state index contributed by atoms with van der Waals surface area (Å²) < 4.78 is 20.6. The van der Waals surface area contributed by atoms with Gasteiger partial charge in [-0.15, -0.1) is 0 Å². The summed E-state index contributed by atoms with van der Waals surface area (Å²) in [5.41, 5.74) is 0. The fraction of sp³-hybridized carbons (Fsp3) is 0.778. The first-order chi connectivity index (χ1) is 7.64. The first kappa shape index (κ1) is 15.7. The number of esters is 1. The van der Waals surface area contributed by atoms with Crippen molar-refractivity contribution in [2.45, 2.75) is 18.9 Å². The second-order valence-electron chi connectivity index (χ2n) is 2.99. The number of hydrogen-bond acceptors (Lipinski definition) is 6. The van der Waals surface area contributed by atoms with Crippen LogP contribution in [-0.2, 0) is 22.8 Å². The van der Waals surface area contributed by atoms with Crippen LogP contribution in [0.2, 0.25) is 6.04 Å². The summed E-state index contributed by atoms with van der Waals surface area (Å²) in [5, 5.41) is 1.35. The molecule has 0 amide bonds.